The van der Waals surface area contributed by atoms with Crippen LogP contribution in [0.1, 0.15) is 25.8 Å². The molecule has 110 valence electrons. The molecule has 0 bridgehead atoms. The number of esters is 1. The fourth-order valence-corrected chi connectivity index (χ4v) is 1.70. The van der Waals surface area contributed by atoms with Gasteiger partial charge in [-0.25, -0.2) is 4.39 Å². The number of benzene rings is 1. The third-order valence-electron chi connectivity index (χ3n) is 2.75. The van der Waals surface area contributed by atoms with Gasteiger partial charge in [-0.2, -0.15) is 0 Å². The number of carbonyl (C=O) groups excluding carboxylic acids is 2. The Bertz CT molecular complexity index is 462. The first-order valence-electron chi connectivity index (χ1n) is 6.70. The Labute approximate surface area is 118 Å². The molecule has 0 fully saturated rings. The molecule has 0 radical (unpaired) electrons. The average molecular weight is 281 g/mol. The van der Waals surface area contributed by atoms with Crippen molar-refractivity contribution in [1.29, 1.82) is 0 Å². The van der Waals surface area contributed by atoms with Crippen LogP contribution >= 0.6 is 0 Å². The normalized spacial score (nSPS) is 11.8. The summed E-state index contributed by atoms with van der Waals surface area (Å²) in [7, 11) is 0. The molecule has 1 rings (SSSR count). The fourth-order valence-electron chi connectivity index (χ4n) is 1.70. The van der Waals surface area contributed by atoms with Gasteiger partial charge in [-0.1, -0.05) is 26.0 Å². The van der Waals surface area contributed by atoms with Gasteiger partial charge in [0.15, 0.2) is 6.61 Å². The van der Waals surface area contributed by atoms with Gasteiger partial charge >= 0.3 is 5.97 Å². The zero-order chi connectivity index (χ0) is 15.0. The van der Waals surface area contributed by atoms with E-state index in [2.05, 4.69) is 5.32 Å². The number of hydrogen-bond acceptors (Lipinski definition) is 3. The van der Waals surface area contributed by atoms with E-state index in [9.17, 15) is 14.0 Å². The smallest absolute Gasteiger partial charge is 0.309 e. The topological polar surface area (TPSA) is 55.4 Å². The van der Waals surface area contributed by atoms with Crippen molar-refractivity contribution in [2.45, 2.75) is 26.7 Å². The monoisotopic (exact) mass is 281 g/mol. The van der Waals surface area contributed by atoms with Crippen molar-refractivity contribution in [2.75, 3.05) is 13.2 Å². The minimum Gasteiger partial charge on any atom is -0.455 e. The summed E-state index contributed by atoms with van der Waals surface area (Å²) in [6, 6.07) is 6.09. The van der Waals surface area contributed by atoms with E-state index in [0.717, 1.165) is 12.0 Å². The summed E-state index contributed by atoms with van der Waals surface area (Å²) in [5.41, 5.74) is 0.727. The summed E-state index contributed by atoms with van der Waals surface area (Å²) in [5.74, 6) is -1.52. The van der Waals surface area contributed by atoms with Gasteiger partial charge < -0.3 is 10.1 Å². The van der Waals surface area contributed by atoms with Gasteiger partial charge in [-0.3, -0.25) is 9.59 Å². The summed E-state index contributed by atoms with van der Waals surface area (Å²) in [4.78, 5) is 23.0. The number of carbonyl (C=O) groups is 2. The fraction of sp³-hybridized carbons (Fsp3) is 0.467. The molecule has 1 amide bonds. The molecule has 1 unspecified atom stereocenters. The second-order valence-electron chi connectivity index (χ2n) is 4.69. The van der Waals surface area contributed by atoms with Gasteiger partial charge in [0.1, 0.15) is 5.82 Å². The molecular weight excluding hydrogens is 261 g/mol. The minimum atomic E-state index is -0.457. The first kappa shape index (κ1) is 16.1. The highest BCUT2D eigenvalue weighted by molar-refractivity contribution is 5.81. The Morgan fingerprint density at radius 2 is 2.15 bits per heavy atom. The van der Waals surface area contributed by atoms with Gasteiger partial charge in [0.2, 0.25) is 0 Å². The maximum atomic E-state index is 13.0. The third-order valence-corrected chi connectivity index (χ3v) is 2.75. The van der Waals surface area contributed by atoms with Crippen molar-refractivity contribution >= 4 is 11.9 Å². The lowest BCUT2D eigenvalue weighted by Crippen LogP contribution is -2.30. The van der Waals surface area contributed by atoms with Crippen LogP contribution in [0.2, 0.25) is 0 Å². The molecule has 0 aromatic heterocycles. The first-order chi connectivity index (χ1) is 9.52. The van der Waals surface area contributed by atoms with Gasteiger partial charge in [-0.05, 0) is 30.5 Å². The molecular formula is C15H20FNO3. The molecule has 0 aliphatic heterocycles. The molecule has 0 spiro atoms. The van der Waals surface area contributed by atoms with Crippen molar-refractivity contribution < 1.29 is 18.7 Å². The molecule has 1 N–H and O–H groups in total. The largest absolute Gasteiger partial charge is 0.455 e. The summed E-state index contributed by atoms with van der Waals surface area (Å²) in [5, 5.41) is 2.62. The van der Waals surface area contributed by atoms with E-state index < -0.39 is 11.9 Å². The zero-order valence-corrected chi connectivity index (χ0v) is 11.8. The molecule has 20 heavy (non-hydrogen) atoms. The van der Waals surface area contributed by atoms with Crippen molar-refractivity contribution in [1.82, 2.24) is 5.32 Å². The number of amides is 1. The predicted molar refractivity (Wildman–Crippen MR) is 73.5 cm³/mol. The maximum absolute atomic E-state index is 13.0. The molecule has 1 aromatic rings. The van der Waals surface area contributed by atoms with Gasteiger partial charge in [0.25, 0.3) is 5.91 Å². The zero-order valence-electron chi connectivity index (χ0n) is 11.8. The molecule has 1 atom stereocenters. The number of rotatable bonds is 7. The van der Waals surface area contributed by atoms with Crippen LogP contribution < -0.4 is 5.32 Å². The maximum Gasteiger partial charge on any atom is 0.309 e. The Hall–Kier alpha value is -1.91. The SMILES string of the molecule is CCCNC(=O)COC(=O)C(C)Cc1cccc(F)c1. The van der Waals surface area contributed by atoms with Crippen LogP contribution in [0.5, 0.6) is 0 Å². The quantitative estimate of drug-likeness (QED) is 0.778. The van der Waals surface area contributed by atoms with Crippen molar-refractivity contribution in [3.63, 3.8) is 0 Å². The lowest BCUT2D eigenvalue weighted by Gasteiger charge is -2.11. The molecule has 0 aliphatic rings. The summed E-state index contributed by atoms with van der Waals surface area (Å²) < 4.78 is 17.9. The first-order valence-corrected chi connectivity index (χ1v) is 6.70. The second kappa shape index (κ2) is 8.30. The predicted octanol–water partition coefficient (Wildman–Crippen LogP) is 2.07. The molecule has 0 saturated carbocycles. The van der Waals surface area contributed by atoms with E-state index in [1.165, 1.54) is 12.1 Å². The highest BCUT2D eigenvalue weighted by Crippen LogP contribution is 2.11. The van der Waals surface area contributed by atoms with Crippen LogP contribution in [0.25, 0.3) is 0 Å². The van der Waals surface area contributed by atoms with Crippen molar-refractivity contribution in [3.8, 4) is 0 Å². The summed E-state index contributed by atoms with van der Waals surface area (Å²) in [6.07, 6.45) is 1.21. The van der Waals surface area contributed by atoms with E-state index in [1.807, 2.05) is 6.92 Å². The molecule has 5 heteroatoms. The van der Waals surface area contributed by atoms with E-state index in [-0.39, 0.29) is 18.3 Å². The van der Waals surface area contributed by atoms with Gasteiger partial charge in [0, 0.05) is 6.54 Å². The average Bonchev–Trinajstić information content (AvgIpc) is 2.42. The van der Waals surface area contributed by atoms with Crippen LogP contribution in [-0.2, 0) is 20.7 Å². The highest BCUT2D eigenvalue weighted by atomic mass is 19.1. The van der Waals surface area contributed by atoms with Crippen LogP contribution in [0.4, 0.5) is 4.39 Å². The minimum absolute atomic E-state index is 0.272. The molecule has 0 heterocycles. The Balaban J connectivity index is 2.37. The number of ether oxygens (including phenoxy) is 1. The number of nitrogens with one attached hydrogen (secondary N) is 1. The van der Waals surface area contributed by atoms with Gasteiger partial charge in [-0.15, -0.1) is 0 Å². The van der Waals surface area contributed by atoms with E-state index in [4.69, 9.17) is 4.74 Å². The molecule has 0 saturated heterocycles. The number of hydrogen-bond donors (Lipinski definition) is 1. The van der Waals surface area contributed by atoms with E-state index >= 15 is 0 Å². The molecule has 0 aliphatic carbocycles. The van der Waals surface area contributed by atoms with Crippen LogP contribution in [0, 0.1) is 11.7 Å². The second-order valence-corrected chi connectivity index (χ2v) is 4.69. The van der Waals surface area contributed by atoms with Gasteiger partial charge in [0.05, 0.1) is 5.92 Å². The van der Waals surface area contributed by atoms with E-state index in [0.29, 0.717) is 13.0 Å². The third kappa shape index (κ3) is 5.82. The van der Waals surface area contributed by atoms with Crippen LogP contribution in [-0.4, -0.2) is 25.0 Å². The van der Waals surface area contributed by atoms with Crippen molar-refractivity contribution in [2.24, 2.45) is 5.92 Å². The molecule has 1 aromatic carbocycles. The Kier molecular flexibility index (Phi) is 6.70. The van der Waals surface area contributed by atoms with E-state index in [1.54, 1.807) is 19.1 Å². The lowest BCUT2D eigenvalue weighted by molar-refractivity contribution is -0.152. The van der Waals surface area contributed by atoms with Crippen molar-refractivity contribution in [3.05, 3.63) is 35.6 Å². The Morgan fingerprint density at radius 3 is 2.80 bits per heavy atom. The highest BCUT2D eigenvalue weighted by Gasteiger charge is 2.16. The molecule has 4 nitrogen and oxygen atoms in total. The van der Waals surface area contributed by atoms with Crippen LogP contribution in [0.15, 0.2) is 24.3 Å². The summed E-state index contributed by atoms with van der Waals surface area (Å²) >= 11 is 0. The lowest BCUT2D eigenvalue weighted by atomic mass is 10.0. The summed E-state index contributed by atoms with van der Waals surface area (Å²) in [6.45, 7) is 3.92. The number of halogens is 1. The Morgan fingerprint density at radius 1 is 1.40 bits per heavy atom. The van der Waals surface area contributed by atoms with Crippen LogP contribution in [0.3, 0.4) is 0 Å². The standard InChI is InChI=1S/C15H20FNO3/c1-3-7-17-14(18)10-20-15(19)11(2)8-12-5-4-6-13(16)9-12/h4-6,9,11H,3,7-8,10H2,1-2H3,(H,17,18).